The first-order chi connectivity index (χ1) is 8.75. The van der Waals surface area contributed by atoms with Crippen LogP contribution >= 0.6 is 0 Å². The molecular formula is C14H19N3O. The van der Waals surface area contributed by atoms with Crippen molar-refractivity contribution >= 4 is 11.6 Å². The molecule has 2 fully saturated rings. The summed E-state index contributed by atoms with van der Waals surface area (Å²) in [6.45, 7) is 3.88. The first kappa shape index (κ1) is 11.5. The Hall–Kier alpha value is -1.55. The van der Waals surface area contributed by atoms with Crippen molar-refractivity contribution in [1.82, 2.24) is 9.80 Å². The molecule has 0 bridgehead atoms. The number of carbonyl (C=O) groups excluding carboxylic acids is 1. The fraction of sp³-hybridized carbons (Fsp3) is 0.500. The number of nitrogen functional groups attached to an aromatic ring is 1. The number of amides is 1. The quantitative estimate of drug-likeness (QED) is 0.756. The van der Waals surface area contributed by atoms with E-state index < -0.39 is 0 Å². The third-order valence-corrected chi connectivity index (χ3v) is 4.07. The molecule has 2 aliphatic heterocycles. The van der Waals surface area contributed by atoms with E-state index in [1.54, 1.807) is 6.07 Å². The maximum atomic E-state index is 12.4. The summed E-state index contributed by atoms with van der Waals surface area (Å²) >= 11 is 0. The second-order valence-corrected chi connectivity index (χ2v) is 5.17. The SMILES string of the molecule is Nc1ccccc1C(=O)N1CCN2CCCC2C1. The van der Waals surface area contributed by atoms with Crippen LogP contribution in [0.15, 0.2) is 24.3 Å². The summed E-state index contributed by atoms with van der Waals surface area (Å²) in [5.74, 6) is 0.0830. The van der Waals surface area contributed by atoms with Crippen molar-refractivity contribution in [2.75, 3.05) is 31.9 Å². The number of para-hydroxylation sites is 1. The maximum Gasteiger partial charge on any atom is 0.256 e. The molecule has 0 aliphatic carbocycles. The number of benzene rings is 1. The van der Waals surface area contributed by atoms with Crippen LogP contribution in [0.2, 0.25) is 0 Å². The third kappa shape index (κ3) is 1.97. The first-order valence-corrected chi connectivity index (χ1v) is 6.63. The van der Waals surface area contributed by atoms with Gasteiger partial charge in [0.1, 0.15) is 0 Å². The average Bonchev–Trinajstić information content (AvgIpc) is 2.85. The highest BCUT2D eigenvalue weighted by atomic mass is 16.2. The van der Waals surface area contributed by atoms with Gasteiger partial charge in [-0.3, -0.25) is 9.69 Å². The van der Waals surface area contributed by atoms with Crippen molar-refractivity contribution in [1.29, 1.82) is 0 Å². The smallest absolute Gasteiger partial charge is 0.256 e. The molecule has 0 spiro atoms. The highest BCUT2D eigenvalue weighted by molar-refractivity contribution is 5.99. The van der Waals surface area contributed by atoms with Gasteiger partial charge >= 0.3 is 0 Å². The number of nitrogens with zero attached hydrogens (tertiary/aromatic N) is 2. The highest BCUT2D eigenvalue weighted by Gasteiger charge is 2.32. The normalized spacial score (nSPS) is 24.0. The Morgan fingerprint density at radius 2 is 2.06 bits per heavy atom. The van der Waals surface area contributed by atoms with Crippen LogP contribution in [0.25, 0.3) is 0 Å². The molecule has 18 heavy (non-hydrogen) atoms. The van der Waals surface area contributed by atoms with Gasteiger partial charge in [0.25, 0.3) is 5.91 Å². The molecule has 1 aromatic carbocycles. The van der Waals surface area contributed by atoms with E-state index in [4.69, 9.17) is 5.73 Å². The summed E-state index contributed by atoms with van der Waals surface area (Å²) in [5.41, 5.74) is 7.10. The maximum absolute atomic E-state index is 12.4. The molecule has 1 atom stereocenters. The number of anilines is 1. The molecule has 2 N–H and O–H groups in total. The Kier molecular flexibility index (Phi) is 2.96. The van der Waals surface area contributed by atoms with Crippen LogP contribution in [0.4, 0.5) is 5.69 Å². The predicted octanol–water partition coefficient (Wildman–Crippen LogP) is 1.19. The van der Waals surface area contributed by atoms with Gasteiger partial charge < -0.3 is 10.6 Å². The standard InChI is InChI=1S/C14H19N3O/c15-13-6-2-1-5-12(13)14(18)17-9-8-16-7-3-4-11(16)10-17/h1-2,5-6,11H,3-4,7-10,15H2. The molecule has 4 nitrogen and oxygen atoms in total. The summed E-state index contributed by atoms with van der Waals surface area (Å²) in [6.07, 6.45) is 2.48. The minimum absolute atomic E-state index is 0.0830. The van der Waals surface area contributed by atoms with E-state index in [1.165, 1.54) is 19.4 Å². The fourth-order valence-electron chi connectivity index (χ4n) is 3.04. The van der Waals surface area contributed by atoms with Gasteiger partial charge in [0, 0.05) is 31.4 Å². The largest absolute Gasteiger partial charge is 0.398 e. The van der Waals surface area contributed by atoms with Crippen molar-refractivity contribution in [3.8, 4) is 0 Å². The minimum atomic E-state index is 0.0830. The molecule has 0 saturated carbocycles. The van der Waals surface area contributed by atoms with Gasteiger partial charge in [-0.15, -0.1) is 0 Å². The monoisotopic (exact) mass is 245 g/mol. The number of fused-ring (bicyclic) bond motifs is 1. The van der Waals surface area contributed by atoms with Crippen molar-refractivity contribution in [2.24, 2.45) is 0 Å². The third-order valence-electron chi connectivity index (χ3n) is 4.07. The van der Waals surface area contributed by atoms with Crippen LogP contribution < -0.4 is 5.73 Å². The molecule has 3 rings (SSSR count). The molecule has 2 aliphatic rings. The molecule has 0 radical (unpaired) electrons. The van der Waals surface area contributed by atoms with Crippen LogP contribution in [0.5, 0.6) is 0 Å². The zero-order valence-electron chi connectivity index (χ0n) is 10.5. The second kappa shape index (κ2) is 4.61. The molecule has 2 heterocycles. The Bertz CT molecular complexity index is 460. The van der Waals surface area contributed by atoms with Crippen LogP contribution in [0.3, 0.4) is 0 Å². The predicted molar refractivity (Wildman–Crippen MR) is 71.4 cm³/mol. The highest BCUT2D eigenvalue weighted by Crippen LogP contribution is 2.23. The number of nitrogens with two attached hydrogens (primary N) is 1. The fourth-order valence-corrected chi connectivity index (χ4v) is 3.04. The van der Waals surface area contributed by atoms with E-state index >= 15 is 0 Å². The lowest BCUT2D eigenvalue weighted by atomic mass is 10.1. The van der Waals surface area contributed by atoms with E-state index in [0.717, 1.165) is 19.6 Å². The molecule has 96 valence electrons. The molecule has 1 aromatic rings. The van der Waals surface area contributed by atoms with Gasteiger partial charge in [-0.25, -0.2) is 0 Å². The second-order valence-electron chi connectivity index (χ2n) is 5.17. The minimum Gasteiger partial charge on any atom is -0.398 e. The number of hydrogen-bond donors (Lipinski definition) is 1. The molecule has 1 unspecified atom stereocenters. The molecule has 1 amide bonds. The van der Waals surface area contributed by atoms with Gasteiger partial charge in [-0.1, -0.05) is 12.1 Å². The number of carbonyl (C=O) groups is 1. The van der Waals surface area contributed by atoms with Crippen LogP contribution in [-0.4, -0.2) is 47.9 Å². The Morgan fingerprint density at radius 3 is 2.89 bits per heavy atom. The van der Waals surface area contributed by atoms with Crippen LogP contribution in [0.1, 0.15) is 23.2 Å². The summed E-state index contributed by atoms with van der Waals surface area (Å²) in [6, 6.07) is 7.90. The lowest BCUT2D eigenvalue weighted by Gasteiger charge is -2.37. The lowest BCUT2D eigenvalue weighted by molar-refractivity contribution is 0.0572. The van der Waals surface area contributed by atoms with Crippen molar-refractivity contribution in [3.63, 3.8) is 0 Å². The molecule has 4 heteroatoms. The van der Waals surface area contributed by atoms with Gasteiger partial charge in [0.15, 0.2) is 0 Å². The zero-order chi connectivity index (χ0) is 12.5. The van der Waals surface area contributed by atoms with E-state index in [9.17, 15) is 4.79 Å². The van der Waals surface area contributed by atoms with Gasteiger partial charge in [-0.2, -0.15) is 0 Å². The molecular weight excluding hydrogens is 226 g/mol. The van der Waals surface area contributed by atoms with E-state index in [-0.39, 0.29) is 5.91 Å². The Labute approximate surface area is 107 Å². The zero-order valence-corrected chi connectivity index (χ0v) is 10.5. The van der Waals surface area contributed by atoms with Gasteiger partial charge in [-0.05, 0) is 31.5 Å². The van der Waals surface area contributed by atoms with Crippen LogP contribution in [-0.2, 0) is 0 Å². The number of hydrogen-bond acceptors (Lipinski definition) is 3. The summed E-state index contributed by atoms with van der Waals surface area (Å²) in [5, 5.41) is 0. The Morgan fingerprint density at radius 1 is 1.22 bits per heavy atom. The lowest BCUT2D eigenvalue weighted by Crippen LogP contribution is -2.52. The van der Waals surface area contributed by atoms with Gasteiger partial charge in [0.2, 0.25) is 0 Å². The Balaban J connectivity index is 1.75. The van der Waals surface area contributed by atoms with E-state index in [1.807, 2.05) is 23.1 Å². The van der Waals surface area contributed by atoms with Crippen molar-refractivity contribution in [2.45, 2.75) is 18.9 Å². The number of rotatable bonds is 1. The summed E-state index contributed by atoms with van der Waals surface area (Å²) in [7, 11) is 0. The van der Waals surface area contributed by atoms with Crippen molar-refractivity contribution < 1.29 is 4.79 Å². The van der Waals surface area contributed by atoms with Crippen molar-refractivity contribution in [3.05, 3.63) is 29.8 Å². The topological polar surface area (TPSA) is 49.6 Å². The van der Waals surface area contributed by atoms with Gasteiger partial charge in [0.05, 0.1) is 5.56 Å². The summed E-state index contributed by atoms with van der Waals surface area (Å²) < 4.78 is 0. The van der Waals surface area contributed by atoms with E-state index in [2.05, 4.69) is 4.90 Å². The molecule has 0 aromatic heterocycles. The van der Waals surface area contributed by atoms with E-state index in [0.29, 0.717) is 17.3 Å². The summed E-state index contributed by atoms with van der Waals surface area (Å²) in [4.78, 5) is 16.9. The van der Waals surface area contributed by atoms with Crippen LogP contribution in [0, 0.1) is 0 Å². The number of piperazine rings is 1. The molecule has 2 saturated heterocycles. The first-order valence-electron chi connectivity index (χ1n) is 6.63. The average molecular weight is 245 g/mol.